The number of allylic oxidation sites excluding steroid dienone is 1. The highest BCUT2D eigenvalue weighted by molar-refractivity contribution is 6.01. The van der Waals surface area contributed by atoms with Crippen LogP contribution in [0.4, 0.5) is 0 Å². The Morgan fingerprint density at radius 2 is 2.06 bits per heavy atom. The van der Waals surface area contributed by atoms with Gasteiger partial charge in [-0.3, -0.25) is 4.79 Å². The molecule has 0 aromatic heterocycles. The average Bonchev–Trinajstić information content (AvgIpc) is 2.40. The van der Waals surface area contributed by atoms with E-state index >= 15 is 0 Å². The van der Waals surface area contributed by atoms with Crippen LogP contribution in [0.1, 0.15) is 25.3 Å². The lowest BCUT2D eigenvalue weighted by atomic mass is 9.90. The quantitative estimate of drug-likeness (QED) is 0.768. The zero-order valence-corrected chi connectivity index (χ0v) is 10.4. The Labute approximate surface area is 106 Å². The van der Waals surface area contributed by atoms with Gasteiger partial charge >= 0.3 is 5.97 Å². The minimum atomic E-state index is -0.376. The molecule has 2 rings (SSSR count). The standard InChI is InChI=1S/C15H16O3/c1-11-7-8-13(9-14(11)16)15(17)18-10-12-5-3-2-4-6-12/h2-6,9,11H,7-8,10H2,1H3. The van der Waals surface area contributed by atoms with Gasteiger partial charge < -0.3 is 4.74 Å². The van der Waals surface area contributed by atoms with Crippen LogP contribution in [0.2, 0.25) is 0 Å². The van der Waals surface area contributed by atoms with Crippen molar-refractivity contribution in [1.82, 2.24) is 0 Å². The maximum atomic E-state index is 11.8. The zero-order valence-electron chi connectivity index (χ0n) is 10.4. The molecule has 18 heavy (non-hydrogen) atoms. The van der Waals surface area contributed by atoms with Crippen LogP contribution in [0.3, 0.4) is 0 Å². The smallest absolute Gasteiger partial charge is 0.334 e. The van der Waals surface area contributed by atoms with Crippen molar-refractivity contribution in [2.45, 2.75) is 26.4 Å². The van der Waals surface area contributed by atoms with Gasteiger partial charge in [0, 0.05) is 11.5 Å². The average molecular weight is 244 g/mol. The molecule has 1 aliphatic carbocycles. The lowest BCUT2D eigenvalue weighted by molar-refractivity contribution is -0.141. The fourth-order valence-electron chi connectivity index (χ4n) is 1.88. The fourth-order valence-corrected chi connectivity index (χ4v) is 1.88. The van der Waals surface area contributed by atoms with Gasteiger partial charge in [-0.1, -0.05) is 37.3 Å². The second-order valence-electron chi connectivity index (χ2n) is 4.57. The van der Waals surface area contributed by atoms with Gasteiger partial charge in [-0.2, -0.15) is 0 Å². The van der Waals surface area contributed by atoms with Gasteiger partial charge in [-0.05, 0) is 24.5 Å². The summed E-state index contributed by atoms with van der Waals surface area (Å²) >= 11 is 0. The first-order chi connectivity index (χ1) is 8.66. The zero-order chi connectivity index (χ0) is 13.0. The summed E-state index contributed by atoms with van der Waals surface area (Å²) in [6.07, 6.45) is 2.78. The summed E-state index contributed by atoms with van der Waals surface area (Å²) in [5, 5.41) is 0. The summed E-state index contributed by atoms with van der Waals surface area (Å²) in [6.45, 7) is 2.13. The molecule has 3 heteroatoms. The maximum absolute atomic E-state index is 11.8. The van der Waals surface area contributed by atoms with Crippen LogP contribution < -0.4 is 0 Å². The first-order valence-corrected chi connectivity index (χ1v) is 6.12. The van der Waals surface area contributed by atoms with Gasteiger partial charge in [0.05, 0.1) is 0 Å². The number of ether oxygens (including phenoxy) is 1. The number of hydrogen-bond donors (Lipinski definition) is 0. The first kappa shape index (κ1) is 12.6. The molecule has 0 saturated heterocycles. The molecular formula is C15H16O3. The Kier molecular flexibility index (Phi) is 3.92. The normalized spacial score (nSPS) is 19.3. The number of ketones is 1. The van der Waals surface area contributed by atoms with E-state index in [1.807, 2.05) is 37.3 Å². The molecule has 0 amide bonds. The third-order valence-corrected chi connectivity index (χ3v) is 3.12. The predicted octanol–water partition coefficient (Wildman–Crippen LogP) is 2.66. The van der Waals surface area contributed by atoms with Crippen molar-refractivity contribution in [3.8, 4) is 0 Å². The molecule has 3 nitrogen and oxygen atoms in total. The molecule has 1 aliphatic rings. The molecular weight excluding hydrogens is 228 g/mol. The van der Waals surface area contributed by atoms with Gasteiger partial charge in [-0.25, -0.2) is 4.79 Å². The van der Waals surface area contributed by atoms with E-state index in [0.29, 0.717) is 12.0 Å². The van der Waals surface area contributed by atoms with Crippen molar-refractivity contribution in [2.24, 2.45) is 5.92 Å². The van der Waals surface area contributed by atoms with Crippen LogP contribution in [0.5, 0.6) is 0 Å². The lowest BCUT2D eigenvalue weighted by Gasteiger charge is -2.16. The van der Waals surface area contributed by atoms with Crippen LogP contribution in [-0.4, -0.2) is 11.8 Å². The molecule has 0 spiro atoms. The highest BCUT2D eigenvalue weighted by atomic mass is 16.5. The summed E-state index contributed by atoms with van der Waals surface area (Å²) in [4.78, 5) is 23.3. The third kappa shape index (κ3) is 3.06. The van der Waals surface area contributed by atoms with Crippen LogP contribution >= 0.6 is 0 Å². The van der Waals surface area contributed by atoms with Gasteiger partial charge in [0.15, 0.2) is 5.78 Å². The van der Waals surface area contributed by atoms with Crippen molar-refractivity contribution in [1.29, 1.82) is 0 Å². The van der Waals surface area contributed by atoms with E-state index in [9.17, 15) is 9.59 Å². The number of esters is 1. The highest BCUT2D eigenvalue weighted by Gasteiger charge is 2.22. The van der Waals surface area contributed by atoms with Gasteiger partial charge in [0.1, 0.15) is 6.61 Å². The highest BCUT2D eigenvalue weighted by Crippen LogP contribution is 2.21. The van der Waals surface area contributed by atoms with Gasteiger partial charge in [0.2, 0.25) is 0 Å². The van der Waals surface area contributed by atoms with Gasteiger partial charge in [0.25, 0.3) is 0 Å². The molecule has 1 atom stereocenters. The summed E-state index contributed by atoms with van der Waals surface area (Å²) in [6, 6.07) is 9.50. The van der Waals surface area contributed by atoms with E-state index in [-0.39, 0.29) is 24.3 Å². The van der Waals surface area contributed by atoms with Crippen molar-refractivity contribution in [3.63, 3.8) is 0 Å². The van der Waals surface area contributed by atoms with Crippen LogP contribution in [0, 0.1) is 5.92 Å². The van der Waals surface area contributed by atoms with Crippen molar-refractivity contribution < 1.29 is 14.3 Å². The molecule has 1 aromatic carbocycles. The Balaban J connectivity index is 1.93. The lowest BCUT2D eigenvalue weighted by Crippen LogP contribution is -2.19. The second kappa shape index (κ2) is 5.63. The summed E-state index contributed by atoms with van der Waals surface area (Å²) in [7, 11) is 0. The number of benzene rings is 1. The SMILES string of the molecule is CC1CCC(C(=O)OCc2ccccc2)=CC1=O. The molecule has 1 unspecified atom stereocenters. The first-order valence-electron chi connectivity index (χ1n) is 6.12. The monoisotopic (exact) mass is 244 g/mol. The predicted molar refractivity (Wildman–Crippen MR) is 67.7 cm³/mol. The maximum Gasteiger partial charge on any atom is 0.334 e. The molecule has 0 fully saturated rings. The number of carbonyl (C=O) groups is 2. The Morgan fingerprint density at radius 1 is 1.33 bits per heavy atom. The number of rotatable bonds is 3. The van der Waals surface area contributed by atoms with Gasteiger partial charge in [-0.15, -0.1) is 0 Å². The number of hydrogen-bond acceptors (Lipinski definition) is 3. The van der Waals surface area contributed by atoms with Crippen LogP contribution in [-0.2, 0) is 20.9 Å². The van der Waals surface area contributed by atoms with E-state index in [1.54, 1.807) is 0 Å². The molecule has 1 aromatic rings. The van der Waals surface area contributed by atoms with E-state index < -0.39 is 0 Å². The van der Waals surface area contributed by atoms with Crippen molar-refractivity contribution in [2.75, 3.05) is 0 Å². The second-order valence-corrected chi connectivity index (χ2v) is 4.57. The minimum absolute atomic E-state index is 0.0212. The summed E-state index contributed by atoms with van der Waals surface area (Å²) in [5.41, 5.74) is 1.44. The Hall–Kier alpha value is -1.90. The van der Waals surface area contributed by atoms with Crippen molar-refractivity contribution >= 4 is 11.8 Å². The van der Waals surface area contributed by atoms with Crippen LogP contribution in [0.25, 0.3) is 0 Å². The molecule has 0 N–H and O–H groups in total. The minimum Gasteiger partial charge on any atom is -0.457 e. The molecule has 0 radical (unpaired) electrons. The van der Waals surface area contributed by atoms with E-state index in [4.69, 9.17) is 4.74 Å². The molecule has 0 saturated carbocycles. The summed E-state index contributed by atoms with van der Waals surface area (Å²) in [5.74, 6) is -0.331. The Bertz CT molecular complexity index is 474. The topological polar surface area (TPSA) is 43.4 Å². The van der Waals surface area contributed by atoms with E-state index in [2.05, 4.69) is 0 Å². The molecule has 94 valence electrons. The largest absolute Gasteiger partial charge is 0.457 e. The Morgan fingerprint density at radius 3 is 2.72 bits per heavy atom. The van der Waals surface area contributed by atoms with E-state index in [1.165, 1.54) is 6.08 Å². The third-order valence-electron chi connectivity index (χ3n) is 3.12. The van der Waals surface area contributed by atoms with Crippen LogP contribution in [0.15, 0.2) is 42.0 Å². The molecule has 0 bridgehead atoms. The number of carbonyl (C=O) groups excluding carboxylic acids is 2. The summed E-state index contributed by atoms with van der Waals surface area (Å²) < 4.78 is 5.19. The van der Waals surface area contributed by atoms with E-state index in [0.717, 1.165) is 12.0 Å². The fraction of sp³-hybridized carbons (Fsp3) is 0.333. The molecule has 0 aliphatic heterocycles. The van der Waals surface area contributed by atoms with Crippen molar-refractivity contribution in [3.05, 3.63) is 47.5 Å². The molecule has 0 heterocycles.